The van der Waals surface area contributed by atoms with Crippen LogP contribution in [0.2, 0.25) is 0 Å². The molecule has 0 saturated heterocycles. The molecule has 3 unspecified atom stereocenters. The molecule has 0 aromatic carbocycles. The van der Waals surface area contributed by atoms with Crippen molar-refractivity contribution in [3.8, 4) is 0 Å². The van der Waals surface area contributed by atoms with Crippen molar-refractivity contribution in [2.45, 2.75) is 33.1 Å². The maximum atomic E-state index is 11.1. The summed E-state index contributed by atoms with van der Waals surface area (Å²) in [6, 6.07) is 0. The van der Waals surface area contributed by atoms with Gasteiger partial charge in [-0.2, -0.15) is 0 Å². The van der Waals surface area contributed by atoms with Gasteiger partial charge >= 0.3 is 0 Å². The number of carbonyl (C=O) groups excluding carboxylic acids is 1. The van der Waals surface area contributed by atoms with E-state index in [1.165, 1.54) is 12.8 Å². The fourth-order valence-corrected chi connectivity index (χ4v) is 2.85. The Morgan fingerprint density at radius 3 is 2.70 bits per heavy atom. The lowest BCUT2D eigenvalue weighted by atomic mass is 9.60. The number of fused-ring (bicyclic) bond motifs is 1. The monoisotopic (exact) mass is 138 g/mol. The van der Waals surface area contributed by atoms with Gasteiger partial charge in [-0.1, -0.05) is 13.8 Å². The highest BCUT2D eigenvalue weighted by molar-refractivity contribution is 5.89. The van der Waals surface area contributed by atoms with E-state index in [0.29, 0.717) is 23.0 Å². The summed E-state index contributed by atoms with van der Waals surface area (Å²) in [4.78, 5) is 11.1. The van der Waals surface area contributed by atoms with Gasteiger partial charge in [0.15, 0.2) is 0 Å². The maximum Gasteiger partial charge on any atom is 0.137 e. The fraction of sp³-hybridized carbons (Fsp3) is 0.889. The van der Waals surface area contributed by atoms with E-state index in [-0.39, 0.29) is 0 Å². The lowest BCUT2D eigenvalue weighted by Crippen LogP contribution is -2.44. The minimum Gasteiger partial charge on any atom is -0.299 e. The van der Waals surface area contributed by atoms with Gasteiger partial charge in [0, 0.05) is 12.3 Å². The van der Waals surface area contributed by atoms with E-state index >= 15 is 0 Å². The number of hydrogen-bond donors (Lipinski definition) is 0. The Labute approximate surface area is 61.8 Å². The molecular formula is C9H14O. The van der Waals surface area contributed by atoms with Gasteiger partial charge in [-0.25, -0.2) is 0 Å². The van der Waals surface area contributed by atoms with Crippen LogP contribution in [-0.4, -0.2) is 5.78 Å². The van der Waals surface area contributed by atoms with Crippen LogP contribution < -0.4 is 0 Å². The molecule has 10 heavy (non-hydrogen) atoms. The summed E-state index contributed by atoms with van der Waals surface area (Å²) in [6.07, 6.45) is 3.42. The van der Waals surface area contributed by atoms with Gasteiger partial charge in [0.25, 0.3) is 0 Å². The van der Waals surface area contributed by atoms with Crippen molar-refractivity contribution >= 4 is 5.78 Å². The number of carbonyl (C=O) groups is 1. The third-order valence-electron chi connectivity index (χ3n) is 3.42. The molecule has 1 nitrogen and oxygen atoms in total. The zero-order valence-corrected chi connectivity index (χ0v) is 6.68. The molecule has 2 aliphatic rings. The minimum atomic E-state index is 0.427. The molecule has 2 fully saturated rings. The van der Waals surface area contributed by atoms with Crippen LogP contribution >= 0.6 is 0 Å². The van der Waals surface area contributed by atoms with Crippen LogP contribution in [0.5, 0.6) is 0 Å². The third-order valence-corrected chi connectivity index (χ3v) is 3.42. The Hall–Kier alpha value is -0.330. The van der Waals surface area contributed by atoms with Crippen LogP contribution in [0.15, 0.2) is 0 Å². The summed E-state index contributed by atoms with van der Waals surface area (Å²) in [7, 11) is 0. The van der Waals surface area contributed by atoms with Crippen molar-refractivity contribution < 1.29 is 4.79 Å². The minimum absolute atomic E-state index is 0.427. The molecular weight excluding hydrogens is 124 g/mol. The summed E-state index contributed by atoms with van der Waals surface area (Å²) in [5.41, 5.74) is 0.427. The molecule has 2 rings (SSSR count). The SMILES string of the molecule is CC1CCC2(C)CC(=O)C12. The summed E-state index contributed by atoms with van der Waals surface area (Å²) in [5, 5.41) is 0. The van der Waals surface area contributed by atoms with Crippen LogP contribution in [0.25, 0.3) is 0 Å². The molecule has 2 saturated carbocycles. The molecule has 3 atom stereocenters. The zero-order chi connectivity index (χ0) is 7.35. The van der Waals surface area contributed by atoms with E-state index in [9.17, 15) is 4.79 Å². The van der Waals surface area contributed by atoms with Crippen molar-refractivity contribution in [3.05, 3.63) is 0 Å². The molecule has 0 aromatic rings. The highest BCUT2D eigenvalue weighted by Crippen LogP contribution is 2.57. The Morgan fingerprint density at radius 1 is 1.60 bits per heavy atom. The Kier molecular flexibility index (Phi) is 1.04. The first-order valence-corrected chi connectivity index (χ1v) is 4.16. The van der Waals surface area contributed by atoms with Gasteiger partial charge in [0.1, 0.15) is 5.78 Å². The first-order chi connectivity index (χ1) is 4.63. The van der Waals surface area contributed by atoms with Crippen LogP contribution in [0, 0.1) is 17.3 Å². The van der Waals surface area contributed by atoms with Gasteiger partial charge < -0.3 is 0 Å². The normalized spacial score (nSPS) is 52.4. The average molecular weight is 138 g/mol. The summed E-state index contributed by atoms with van der Waals surface area (Å²) >= 11 is 0. The number of rotatable bonds is 0. The molecule has 0 amide bonds. The molecule has 56 valence electrons. The fourth-order valence-electron chi connectivity index (χ4n) is 2.85. The van der Waals surface area contributed by atoms with Crippen LogP contribution in [0.4, 0.5) is 0 Å². The molecule has 0 aromatic heterocycles. The summed E-state index contributed by atoms with van der Waals surface area (Å²) in [6.45, 7) is 4.48. The largest absolute Gasteiger partial charge is 0.299 e. The first kappa shape index (κ1) is 6.38. The molecule has 1 heteroatoms. The van der Waals surface area contributed by atoms with Crippen molar-refractivity contribution in [1.82, 2.24) is 0 Å². The van der Waals surface area contributed by atoms with Crippen LogP contribution in [-0.2, 0) is 4.79 Å². The second-order valence-electron chi connectivity index (χ2n) is 4.29. The number of hydrogen-bond acceptors (Lipinski definition) is 1. The van der Waals surface area contributed by atoms with Crippen LogP contribution in [0.1, 0.15) is 33.1 Å². The third kappa shape index (κ3) is 0.561. The van der Waals surface area contributed by atoms with Gasteiger partial charge in [-0.05, 0) is 24.2 Å². The predicted molar refractivity (Wildman–Crippen MR) is 39.6 cm³/mol. The second-order valence-corrected chi connectivity index (χ2v) is 4.29. The van der Waals surface area contributed by atoms with Crippen molar-refractivity contribution in [2.75, 3.05) is 0 Å². The van der Waals surface area contributed by atoms with Gasteiger partial charge in [0.2, 0.25) is 0 Å². The van der Waals surface area contributed by atoms with Gasteiger partial charge in [-0.3, -0.25) is 4.79 Å². The molecule has 0 bridgehead atoms. The molecule has 0 heterocycles. The first-order valence-electron chi connectivity index (χ1n) is 4.16. The second kappa shape index (κ2) is 1.63. The van der Waals surface area contributed by atoms with Crippen LogP contribution in [0.3, 0.4) is 0 Å². The number of ketones is 1. The highest BCUT2D eigenvalue weighted by Gasteiger charge is 2.55. The Bertz CT molecular complexity index is 185. The van der Waals surface area contributed by atoms with Gasteiger partial charge in [0.05, 0.1) is 0 Å². The molecule has 0 spiro atoms. The lowest BCUT2D eigenvalue weighted by molar-refractivity contribution is -0.140. The van der Waals surface area contributed by atoms with Crippen molar-refractivity contribution in [3.63, 3.8) is 0 Å². The maximum absolute atomic E-state index is 11.1. The van der Waals surface area contributed by atoms with E-state index in [1.54, 1.807) is 0 Å². The average Bonchev–Trinajstić information content (AvgIpc) is 2.03. The Morgan fingerprint density at radius 2 is 2.30 bits per heavy atom. The van der Waals surface area contributed by atoms with E-state index in [4.69, 9.17) is 0 Å². The van der Waals surface area contributed by atoms with E-state index in [1.807, 2.05) is 0 Å². The molecule has 2 aliphatic carbocycles. The van der Waals surface area contributed by atoms with E-state index in [0.717, 1.165) is 6.42 Å². The quantitative estimate of drug-likeness (QED) is 0.500. The van der Waals surface area contributed by atoms with E-state index in [2.05, 4.69) is 13.8 Å². The predicted octanol–water partition coefficient (Wildman–Crippen LogP) is 2.01. The zero-order valence-electron chi connectivity index (χ0n) is 6.68. The number of Topliss-reactive ketones (excluding diaryl/α,β-unsaturated/α-hetero) is 1. The smallest absolute Gasteiger partial charge is 0.137 e. The lowest BCUT2D eigenvalue weighted by Gasteiger charge is -2.41. The molecule has 0 radical (unpaired) electrons. The molecule has 0 N–H and O–H groups in total. The van der Waals surface area contributed by atoms with Crippen molar-refractivity contribution in [1.29, 1.82) is 0 Å². The van der Waals surface area contributed by atoms with Gasteiger partial charge in [-0.15, -0.1) is 0 Å². The van der Waals surface area contributed by atoms with E-state index < -0.39 is 0 Å². The standard InChI is InChI=1S/C9H14O/c1-6-3-4-9(2)5-7(10)8(6)9/h6,8H,3-5H2,1-2H3. The Balaban J connectivity index is 2.24. The summed E-state index contributed by atoms with van der Waals surface area (Å²) < 4.78 is 0. The van der Waals surface area contributed by atoms with Crippen molar-refractivity contribution in [2.24, 2.45) is 17.3 Å². The summed E-state index contributed by atoms with van der Waals surface area (Å²) in [5.74, 6) is 1.63. The highest BCUT2D eigenvalue weighted by atomic mass is 16.1. The topological polar surface area (TPSA) is 17.1 Å². The molecule has 0 aliphatic heterocycles.